The zero-order chi connectivity index (χ0) is 14.8. The number of halogens is 1. The fourth-order valence-electron chi connectivity index (χ4n) is 2.29. The molecule has 2 rings (SSSR count). The average molecular weight is 320 g/mol. The predicted octanol–water partition coefficient (Wildman–Crippen LogP) is 1.63. The van der Waals surface area contributed by atoms with Crippen molar-refractivity contribution in [2.45, 2.75) is 19.0 Å². The summed E-state index contributed by atoms with van der Waals surface area (Å²) in [4.78, 5) is 0. The number of nitrogens with one attached hydrogen (secondary N) is 1. The maximum Gasteiger partial charge on any atom is 0.179 e. The van der Waals surface area contributed by atoms with Crippen molar-refractivity contribution in [3.8, 4) is 11.5 Å². The first-order chi connectivity index (χ1) is 9.45. The van der Waals surface area contributed by atoms with Crippen molar-refractivity contribution in [3.05, 3.63) is 22.7 Å². The number of hydrogen-bond donors (Lipinski definition) is 1. The van der Waals surface area contributed by atoms with E-state index in [1.165, 1.54) is 7.11 Å². The molecule has 0 saturated carbocycles. The van der Waals surface area contributed by atoms with Gasteiger partial charge in [0, 0.05) is 12.6 Å². The van der Waals surface area contributed by atoms with Gasteiger partial charge in [0.25, 0.3) is 0 Å². The van der Waals surface area contributed by atoms with Crippen LogP contribution < -0.4 is 14.8 Å². The SMILES string of the molecule is COc1cc(CNC2CCS(=O)(=O)C2)cc(Cl)c1OC. The monoisotopic (exact) mass is 319 g/mol. The van der Waals surface area contributed by atoms with Crippen molar-refractivity contribution >= 4 is 21.4 Å². The molecule has 0 radical (unpaired) electrons. The molecule has 0 aliphatic carbocycles. The van der Waals surface area contributed by atoms with Gasteiger partial charge in [-0.15, -0.1) is 0 Å². The van der Waals surface area contributed by atoms with Gasteiger partial charge in [-0.3, -0.25) is 0 Å². The van der Waals surface area contributed by atoms with Gasteiger partial charge in [0.1, 0.15) is 0 Å². The van der Waals surface area contributed by atoms with Gasteiger partial charge >= 0.3 is 0 Å². The topological polar surface area (TPSA) is 64.6 Å². The van der Waals surface area contributed by atoms with E-state index in [1.807, 2.05) is 6.07 Å². The molecular formula is C13H18ClNO4S. The van der Waals surface area contributed by atoms with Crippen LogP contribution in [0, 0.1) is 0 Å². The van der Waals surface area contributed by atoms with Crippen LogP contribution in [-0.4, -0.2) is 40.2 Å². The number of ether oxygens (including phenoxy) is 2. The van der Waals surface area contributed by atoms with E-state index in [0.29, 0.717) is 29.5 Å². The Hall–Kier alpha value is -0.980. The summed E-state index contributed by atoms with van der Waals surface area (Å²) in [5.74, 6) is 1.53. The number of benzene rings is 1. The first-order valence-corrected chi connectivity index (χ1v) is 8.49. The van der Waals surface area contributed by atoms with Crippen LogP contribution in [0.15, 0.2) is 12.1 Å². The third-order valence-electron chi connectivity index (χ3n) is 3.32. The minimum atomic E-state index is -2.86. The number of hydrogen-bond acceptors (Lipinski definition) is 5. The summed E-state index contributed by atoms with van der Waals surface area (Å²) in [5.41, 5.74) is 0.928. The molecule has 0 amide bonds. The largest absolute Gasteiger partial charge is 0.493 e. The average Bonchev–Trinajstić information content (AvgIpc) is 2.75. The normalized spacial score (nSPS) is 20.9. The highest BCUT2D eigenvalue weighted by Crippen LogP contribution is 2.36. The van der Waals surface area contributed by atoms with Crippen LogP contribution in [0.4, 0.5) is 0 Å². The molecule has 1 aliphatic rings. The third kappa shape index (κ3) is 3.56. The molecule has 0 spiro atoms. The van der Waals surface area contributed by atoms with Gasteiger partial charge in [-0.25, -0.2) is 8.42 Å². The molecule has 1 aromatic rings. The highest BCUT2D eigenvalue weighted by Gasteiger charge is 2.27. The molecule has 1 atom stereocenters. The zero-order valence-electron chi connectivity index (χ0n) is 11.5. The summed E-state index contributed by atoms with van der Waals surface area (Å²) >= 11 is 6.13. The Labute approximate surface area is 124 Å². The lowest BCUT2D eigenvalue weighted by atomic mass is 10.1. The Morgan fingerprint density at radius 2 is 2.10 bits per heavy atom. The summed E-state index contributed by atoms with van der Waals surface area (Å²) in [6.07, 6.45) is 0.656. The van der Waals surface area contributed by atoms with E-state index in [0.717, 1.165) is 5.56 Å². The van der Waals surface area contributed by atoms with Crippen molar-refractivity contribution in [1.82, 2.24) is 5.32 Å². The van der Waals surface area contributed by atoms with E-state index in [-0.39, 0.29) is 17.5 Å². The van der Waals surface area contributed by atoms with Gasteiger partial charge in [-0.05, 0) is 24.1 Å². The van der Waals surface area contributed by atoms with Gasteiger partial charge in [0.2, 0.25) is 0 Å². The highest BCUT2D eigenvalue weighted by molar-refractivity contribution is 7.91. The number of rotatable bonds is 5. The van der Waals surface area contributed by atoms with Gasteiger partial charge < -0.3 is 14.8 Å². The van der Waals surface area contributed by atoms with Crippen LogP contribution in [-0.2, 0) is 16.4 Å². The maximum atomic E-state index is 11.4. The van der Waals surface area contributed by atoms with Gasteiger partial charge in [0.15, 0.2) is 21.3 Å². The quantitative estimate of drug-likeness (QED) is 0.893. The van der Waals surface area contributed by atoms with Crippen LogP contribution in [0.25, 0.3) is 0 Å². The maximum absolute atomic E-state index is 11.4. The molecule has 1 aliphatic heterocycles. The van der Waals surface area contributed by atoms with E-state index in [1.54, 1.807) is 13.2 Å². The summed E-state index contributed by atoms with van der Waals surface area (Å²) in [6, 6.07) is 3.63. The summed E-state index contributed by atoms with van der Waals surface area (Å²) in [6.45, 7) is 0.542. The van der Waals surface area contributed by atoms with E-state index in [9.17, 15) is 8.42 Å². The molecule has 1 aromatic carbocycles. The van der Waals surface area contributed by atoms with Crippen molar-refractivity contribution in [1.29, 1.82) is 0 Å². The second kappa shape index (κ2) is 6.20. The second-order valence-electron chi connectivity index (χ2n) is 4.79. The Kier molecular flexibility index (Phi) is 4.78. The zero-order valence-corrected chi connectivity index (χ0v) is 13.1. The van der Waals surface area contributed by atoms with E-state index in [4.69, 9.17) is 21.1 Å². The van der Waals surface area contributed by atoms with E-state index < -0.39 is 9.84 Å². The van der Waals surface area contributed by atoms with Crippen LogP contribution >= 0.6 is 11.6 Å². The van der Waals surface area contributed by atoms with Crippen molar-refractivity contribution in [2.24, 2.45) is 0 Å². The predicted molar refractivity (Wildman–Crippen MR) is 78.5 cm³/mol. The molecule has 1 saturated heterocycles. The number of methoxy groups -OCH3 is 2. The van der Waals surface area contributed by atoms with E-state index >= 15 is 0 Å². The molecule has 112 valence electrons. The lowest BCUT2D eigenvalue weighted by Gasteiger charge is -2.14. The molecule has 1 heterocycles. The molecule has 0 aromatic heterocycles. The van der Waals surface area contributed by atoms with Gasteiger partial charge in [-0.2, -0.15) is 0 Å². The highest BCUT2D eigenvalue weighted by atomic mass is 35.5. The van der Waals surface area contributed by atoms with Crippen LogP contribution in [0.1, 0.15) is 12.0 Å². The van der Waals surface area contributed by atoms with Crippen LogP contribution in [0.3, 0.4) is 0 Å². The van der Waals surface area contributed by atoms with Crippen LogP contribution in [0.5, 0.6) is 11.5 Å². The van der Waals surface area contributed by atoms with Crippen LogP contribution in [0.2, 0.25) is 5.02 Å². The summed E-state index contributed by atoms with van der Waals surface area (Å²) in [7, 11) is 0.219. The molecule has 0 bridgehead atoms. The Balaban J connectivity index is 2.05. The molecular weight excluding hydrogens is 302 g/mol. The third-order valence-corrected chi connectivity index (χ3v) is 5.37. The summed E-state index contributed by atoms with van der Waals surface area (Å²) in [5, 5.41) is 3.71. The molecule has 1 N–H and O–H groups in total. The first kappa shape index (κ1) is 15.4. The van der Waals surface area contributed by atoms with Crippen molar-refractivity contribution in [3.63, 3.8) is 0 Å². The van der Waals surface area contributed by atoms with E-state index in [2.05, 4.69) is 5.32 Å². The standard InChI is InChI=1S/C13H18ClNO4S/c1-18-12-6-9(5-11(14)13(12)19-2)7-15-10-3-4-20(16,17)8-10/h5-6,10,15H,3-4,7-8H2,1-2H3. The molecule has 1 fully saturated rings. The minimum absolute atomic E-state index is 0.00636. The molecule has 5 nitrogen and oxygen atoms in total. The number of sulfone groups is 1. The molecule has 7 heteroatoms. The van der Waals surface area contributed by atoms with Gasteiger partial charge in [0.05, 0.1) is 30.7 Å². The Morgan fingerprint density at radius 3 is 2.65 bits per heavy atom. The summed E-state index contributed by atoms with van der Waals surface area (Å²) < 4.78 is 33.2. The smallest absolute Gasteiger partial charge is 0.179 e. The Bertz CT molecular complexity index is 588. The fourth-order valence-corrected chi connectivity index (χ4v) is 4.31. The van der Waals surface area contributed by atoms with Crippen molar-refractivity contribution < 1.29 is 17.9 Å². The van der Waals surface area contributed by atoms with Gasteiger partial charge in [-0.1, -0.05) is 11.6 Å². The molecule has 1 unspecified atom stereocenters. The Morgan fingerprint density at radius 1 is 1.35 bits per heavy atom. The fraction of sp³-hybridized carbons (Fsp3) is 0.538. The lowest BCUT2D eigenvalue weighted by molar-refractivity contribution is 0.354. The lowest BCUT2D eigenvalue weighted by Crippen LogP contribution is -2.29. The minimum Gasteiger partial charge on any atom is -0.493 e. The molecule has 20 heavy (non-hydrogen) atoms. The van der Waals surface area contributed by atoms with Crippen molar-refractivity contribution in [2.75, 3.05) is 25.7 Å². The first-order valence-electron chi connectivity index (χ1n) is 6.29. The second-order valence-corrected chi connectivity index (χ2v) is 7.43.